The van der Waals surface area contributed by atoms with E-state index in [1.807, 2.05) is 0 Å². The van der Waals surface area contributed by atoms with Gasteiger partial charge in [-0.1, -0.05) is 12.1 Å². The van der Waals surface area contributed by atoms with Gasteiger partial charge in [0.2, 0.25) is 0 Å². The molecule has 0 atom stereocenters. The molecule has 2 aromatic rings. The van der Waals surface area contributed by atoms with E-state index < -0.39 is 5.97 Å². The van der Waals surface area contributed by atoms with E-state index in [1.54, 1.807) is 58.5 Å². The Morgan fingerprint density at radius 1 is 0.923 bits per heavy atom. The highest BCUT2D eigenvalue weighted by atomic mass is 16.5. The monoisotopic (exact) mass is 353 g/mol. The van der Waals surface area contributed by atoms with Crippen molar-refractivity contribution in [3.8, 4) is 5.75 Å². The largest absolute Gasteiger partial charge is 0.427 e. The molecule has 26 heavy (non-hydrogen) atoms. The third kappa shape index (κ3) is 4.05. The summed E-state index contributed by atoms with van der Waals surface area (Å²) in [5.74, 6) is -0.373. The first-order valence-corrected chi connectivity index (χ1v) is 8.32. The molecular formula is C19H19N3O4. The molecule has 1 aromatic carbocycles. The van der Waals surface area contributed by atoms with Crippen molar-refractivity contribution in [2.24, 2.45) is 0 Å². The van der Waals surface area contributed by atoms with Gasteiger partial charge in [0.25, 0.3) is 11.8 Å². The SMILES string of the molecule is CC(=O)Oc1cccc(C(=O)N2CCN(C(=O)c3ccccn3)CC2)c1. The maximum atomic E-state index is 12.7. The van der Waals surface area contributed by atoms with Crippen molar-refractivity contribution < 1.29 is 19.1 Å². The smallest absolute Gasteiger partial charge is 0.308 e. The van der Waals surface area contributed by atoms with E-state index in [-0.39, 0.29) is 11.8 Å². The number of benzene rings is 1. The van der Waals surface area contributed by atoms with Gasteiger partial charge in [-0.3, -0.25) is 19.4 Å². The molecule has 0 unspecified atom stereocenters. The molecule has 0 saturated carbocycles. The minimum Gasteiger partial charge on any atom is -0.427 e. The second-order valence-electron chi connectivity index (χ2n) is 5.92. The van der Waals surface area contributed by atoms with Crippen LogP contribution in [0.25, 0.3) is 0 Å². The first-order valence-electron chi connectivity index (χ1n) is 8.32. The number of aromatic nitrogens is 1. The number of hydrogen-bond acceptors (Lipinski definition) is 5. The Kier molecular flexibility index (Phi) is 5.26. The molecule has 0 N–H and O–H groups in total. The number of pyridine rings is 1. The Balaban J connectivity index is 1.62. The fourth-order valence-electron chi connectivity index (χ4n) is 2.81. The summed E-state index contributed by atoms with van der Waals surface area (Å²) >= 11 is 0. The molecule has 0 radical (unpaired) electrons. The maximum Gasteiger partial charge on any atom is 0.308 e. The molecule has 1 saturated heterocycles. The van der Waals surface area contributed by atoms with Crippen molar-refractivity contribution in [3.05, 3.63) is 59.9 Å². The summed E-state index contributed by atoms with van der Waals surface area (Å²) in [7, 11) is 0. The number of carbonyl (C=O) groups excluding carboxylic acids is 3. The number of hydrogen-bond donors (Lipinski definition) is 0. The lowest BCUT2D eigenvalue weighted by molar-refractivity contribution is -0.131. The highest BCUT2D eigenvalue weighted by molar-refractivity contribution is 5.95. The first kappa shape index (κ1) is 17.6. The normalized spacial score (nSPS) is 14.0. The van der Waals surface area contributed by atoms with Crippen LogP contribution < -0.4 is 4.74 Å². The Bertz CT molecular complexity index is 815. The molecule has 134 valence electrons. The Hall–Kier alpha value is -3.22. The second kappa shape index (κ2) is 7.77. The van der Waals surface area contributed by atoms with Gasteiger partial charge in [-0.15, -0.1) is 0 Å². The molecule has 1 aliphatic heterocycles. The van der Waals surface area contributed by atoms with Gasteiger partial charge in [-0.2, -0.15) is 0 Å². The Morgan fingerprint density at radius 3 is 2.23 bits per heavy atom. The summed E-state index contributed by atoms with van der Waals surface area (Å²) < 4.78 is 5.02. The van der Waals surface area contributed by atoms with Crippen molar-refractivity contribution in [1.29, 1.82) is 0 Å². The van der Waals surface area contributed by atoms with Crippen LogP contribution in [0.1, 0.15) is 27.8 Å². The lowest BCUT2D eigenvalue weighted by atomic mass is 10.1. The van der Waals surface area contributed by atoms with Crippen molar-refractivity contribution >= 4 is 17.8 Å². The Labute approximate surface area is 151 Å². The van der Waals surface area contributed by atoms with Crippen LogP contribution in [0.15, 0.2) is 48.7 Å². The van der Waals surface area contributed by atoms with Crippen LogP contribution >= 0.6 is 0 Å². The van der Waals surface area contributed by atoms with Gasteiger partial charge in [0.1, 0.15) is 11.4 Å². The zero-order valence-electron chi connectivity index (χ0n) is 14.4. The molecule has 0 bridgehead atoms. The molecule has 7 nitrogen and oxygen atoms in total. The van der Waals surface area contributed by atoms with E-state index in [4.69, 9.17) is 4.74 Å². The minimum atomic E-state index is -0.434. The third-order valence-corrected chi connectivity index (χ3v) is 4.08. The van der Waals surface area contributed by atoms with Crippen LogP contribution in [0, 0.1) is 0 Å². The van der Waals surface area contributed by atoms with Gasteiger partial charge < -0.3 is 14.5 Å². The highest BCUT2D eigenvalue weighted by Gasteiger charge is 2.26. The van der Waals surface area contributed by atoms with Crippen LogP contribution in [0.2, 0.25) is 0 Å². The molecule has 1 aliphatic rings. The van der Waals surface area contributed by atoms with E-state index >= 15 is 0 Å². The number of carbonyl (C=O) groups is 3. The number of ether oxygens (including phenoxy) is 1. The summed E-state index contributed by atoms with van der Waals surface area (Å²) in [5.41, 5.74) is 0.856. The zero-order valence-corrected chi connectivity index (χ0v) is 14.4. The molecular weight excluding hydrogens is 334 g/mol. The molecule has 3 rings (SSSR count). The highest BCUT2D eigenvalue weighted by Crippen LogP contribution is 2.16. The van der Waals surface area contributed by atoms with Crippen molar-refractivity contribution in [2.75, 3.05) is 26.2 Å². The summed E-state index contributed by atoms with van der Waals surface area (Å²) in [4.78, 5) is 43.6. The summed E-state index contributed by atoms with van der Waals surface area (Å²) in [6, 6.07) is 11.7. The lowest BCUT2D eigenvalue weighted by Gasteiger charge is -2.34. The number of amides is 2. The van der Waals surface area contributed by atoms with Crippen LogP contribution in [0.4, 0.5) is 0 Å². The molecule has 2 amide bonds. The average Bonchev–Trinajstić information content (AvgIpc) is 2.67. The predicted octanol–water partition coefficient (Wildman–Crippen LogP) is 1.61. The molecule has 0 aliphatic carbocycles. The number of nitrogens with zero attached hydrogens (tertiary/aromatic N) is 3. The lowest BCUT2D eigenvalue weighted by Crippen LogP contribution is -2.50. The number of rotatable bonds is 3. The molecule has 1 fully saturated rings. The number of piperazine rings is 1. The zero-order chi connectivity index (χ0) is 18.5. The molecule has 2 heterocycles. The Morgan fingerprint density at radius 2 is 1.62 bits per heavy atom. The topological polar surface area (TPSA) is 79.8 Å². The minimum absolute atomic E-state index is 0.130. The quantitative estimate of drug-likeness (QED) is 0.619. The van der Waals surface area contributed by atoms with Gasteiger partial charge in [0, 0.05) is 44.9 Å². The van der Waals surface area contributed by atoms with E-state index in [2.05, 4.69) is 4.98 Å². The predicted molar refractivity (Wildman–Crippen MR) is 93.8 cm³/mol. The first-order chi connectivity index (χ1) is 12.5. The van der Waals surface area contributed by atoms with Crippen molar-refractivity contribution in [2.45, 2.75) is 6.92 Å². The fraction of sp³-hybridized carbons (Fsp3) is 0.263. The summed E-state index contributed by atoms with van der Waals surface area (Å²) in [6.45, 7) is 3.09. The summed E-state index contributed by atoms with van der Waals surface area (Å²) in [5, 5.41) is 0. The summed E-state index contributed by atoms with van der Waals surface area (Å²) in [6.07, 6.45) is 1.59. The average molecular weight is 353 g/mol. The van der Waals surface area contributed by atoms with E-state index in [0.29, 0.717) is 43.2 Å². The second-order valence-corrected chi connectivity index (χ2v) is 5.92. The number of esters is 1. The van der Waals surface area contributed by atoms with Gasteiger partial charge >= 0.3 is 5.97 Å². The van der Waals surface area contributed by atoms with Gasteiger partial charge in [0.15, 0.2) is 0 Å². The van der Waals surface area contributed by atoms with Crippen LogP contribution in [-0.2, 0) is 4.79 Å². The van der Waals surface area contributed by atoms with Crippen molar-refractivity contribution in [1.82, 2.24) is 14.8 Å². The fourth-order valence-corrected chi connectivity index (χ4v) is 2.81. The van der Waals surface area contributed by atoms with E-state index in [1.165, 1.54) is 6.92 Å². The van der Waals surface area contributed by atoms with Crippen LogP contribution in [0.3, 0.4) is 0 Å². The maximum absolute atomic E-state index is 12.7. The molecule has 7 heteroatoms. The van der Waals surface area contributed by atoms with Crippen molar-refractivity contribution in [3.63, 3.8) is 0 Å². The third-order valence-electron chi connectivity index (χ3n) is 4.08. The van der Waals surface area contributed by atoms with Gasteiger partial charge in [-0.25, -0.2) is 0 Å². The standard InChI is InChI=1S/C19H19N3O4/c1-14(23)26-16-6-4-5-15(13-16)18(24)21-9-11-22(12-10-21)19(25)17-7-2-3-8-20-17/h2-8,13H,9-12H2,1H3. The molecule has 1 aromatic heterocycles. The van der Waals surface area contributed by atoms with Gasteiger partial charge in [0.05, 0.1) is 0 Å². The van der Waals surface area contributed by atoms with Crippen LogP contribution in [-0.4, -0.2) is 58.7 Å². The molecule has 0 spiro atoms. The van der Waals surface area contributed by atoms with Gasteiger partial charge in [-0.05, 0) is 30.3 Å². The van der Waals surface area contributed by atoms with E-state index in [9.17, 15) is 14.4 Å². The van der Waals surface area contributed by atoms with Crippen LogP contribution in [0.5, 0.6) is 5.75 Å². The van der Waals surface area contributed by atoms with E-state index in [0.717, 1.165) is 0 Å².